The Labute approximate surface area is 128 Å². The minimum absolute atomic E-state index is 0.459. The topological polar surface area (TPSA) is 72.2 Å². The maximum absolute atomic E-state index is 13.2. The molecule has 0 aliphatic carbocycles. The minimum Gasteiger partial charge on any atom is -0.351 e. The van der Waals surface area contributed by atoms with Gasteiger partial charge in [-0.3, -0.25) is 4.98 Å². The molecule has 0 saturated carbocycles. The lowest BCUT2D eigenvalue weighted by Gasteiger charge is -2.24. The minimum atomic E-state index is -1.21. The van der Waals surface area contributed by atoms with Crippen molar-refractivity contribution in [3.8, 4) is 5.69 Å². The number of aliphatic hydroxyl groups is 1. The Morgan fingerprint density at radius 3 is 2.77 bits per heavy atom. The normalized spacial score (nSPS) is 13.0. The molecule has 7 heteroatoms. The standard InChI is InChI=1S/C15H19FN4O2/c1-5-12-13(18-14(21)22-15(2,3)4)9-20(19-12)11-6-10(16)7-17-8-11/h5-9,14,18,21H,1H2,2-4H3. The first-order chi connectivity index (χ1) is 10.3. The number of anilines is 1. The van der Waals surface area contributed by atoms with Gasteiger partial charge in [-0.25, -0.2) is 9.07 Å². The van der Waals surface area contributed by atoms with Crippen LogP contribution in [0.4, 0.5) is 10.1 Å². The number of aliphatic hydroxyl groups excluding tert-OH is 1. The largest absolute Gasteiger partial charge is 0.351 e. The molecule has 0 aromatic carbocycles. The fourth-order valence-corrected chi connectivity index (χ4v) is 1.80. The highest BCUT2D eigenvalue weighted by atomic mass is 19.1. The first-order valence-electron chi connectivity index (χ1n) is 6.74. The number of pyridine rings is 1. The first-order valence-corrected chi connectivity index (χ1v) is 6.74. The van der Waals surface area contributed by atoms with Crippen LogP contribution in [0.1, 0.15) is 26.5 Å². The zero-order valence-electron chi connectivity index (χ0n) is 12.7. The molecule has 2 aromatic rings. The van der Waals surface area contributed by atoms with Crippen molar-refractivity contribution in [2.45, 2.75) is 32.8 Å². The van der Waals surface area contributed by atoms with Gasteiger partial charge in [0.25, 0.3) is 0 Å². The van der Waals surface area contributed by atoms with Gasteiger partial charge in [0, 0.05) is 6.07 Å². The highest BCUT2D eigenvalue weighted by Crippen LogP contribution is 2.20. The van der Waals surface area contributed by atoms with E-state index in [0.717, 1.165) is 6.20 Å². The number of ether oxygens (including phenoxy) is 1. The van der Waals surface area contributed by atoms with Crippen molar-refractivity contribution < 1.29 is 14.2 Å². The monoisotopic (exact) mass is 306 g/mol. The van der Waals surface area contributed by atoms with Crippen LogP contribution in [0.3, 0.4) is 0 Å². The Hall–Kier alpha value is -2.25. The van der Waals surface area contributed by atoms with Crippen molar-refractivity contribution in [3.63, 3.8) is 0 Å². The van der Waals surface area contributed by atoms with Gasteiger partial charge in [0.05, 0.1) is 35.6 Å². The number of aromatic nitrogens is 3. The smallest absolute Gasteiger partial charge is 0.236 e. The zero-order chi connectivity index (χ0) is 16.3. The molecule has 118 valence electrons. The molecule has 0 fully saturated rings. The lowest BCUT2D eigenvalue weighted by atomic mass is 10.2. The van der Waals surface area contributed by atoms with Crippen molar-refractivity contribution in [3.05, 3.63) is 42.7 Å². The summed E-state index contributed by atoms with van der Waals surface area (Å²) in [6.45, 7) is 9.15. The Kier molecular flexibility index (Phi) is 4.58. The van der Waals surface area contributed by atoms with E-state index in [-0.39, 0.29) is 0 Å². The number of rotatable bonds is 5. The molecule has 22 heavy (non-hydrogen) atoms. The Morgan fingerprint density at radius 2 is 2.18 bits per heavy atom. The van der Waals surface area contributed by atoms with Crippen LogP contribution in [0.25, 0.3) is 11.8 Å². The van der Waals surface area contributed by atoms with Crippen LogP contribution in [0.15, 0.2) is 31.2 Å². The fraction of sp³-hybridized carbons (Fsp3) is 0.333. The fourth-order valence-electron chi connectivity index (χ4n) is 1.80. The van der Waals surface area contributed by atoms with Crippen LogP contribution >= 0.6 is 0 Å². The van der Waals surface area contributed by atoms with Crippen LogP contribution in [0.2, 0.25) is 0 Å². The van der Waals surface area contributed by atoms with Crippen LogP contribution in [-0.2, 0) is 4.74 Å². The molecule has 0 radical (unpaired) electrons. The quantitative estimate of drug-likeness (QED) is 0.831. The molecule has 2 heterocycles. The second-order valence-corrected chi connectivity index (χ2v) is 5.66. The maximum Gasteiger partial charge on any atom is 0.236 e. The maximum atomic E-state index is 13.2. The van der Waals surface area contributed by atoms with Crippen LogP contribution in [0, 0.1) is 5.82 Å². The summed E-state index contributed by atoms with van der Waals surface area (Å²) in [6.07, 6.45) is 4.51. The molecule has 2 aromatic heterocycles. The van der Waals surface area contributed by atoms with Crippen molar-refractivity contribution in [1.29, 1.82) is 0 Å². The summed E-state index contributed by atoms with van der Waals surface area (Å²) in [5, 5.41) is 16.9. The molecule has 0 saturated heterocycles. The molecule has 6 nitrogen and oxygen atoms in total. The van der Waals surface area contributed by atoms with Gasteiger partial charge in [-0.15, -0.1) is 0 Å². The molecule has 1 atom stereocenters. The van der Waals surface area contributed by atoms with E-state index in [0.29, 0.717) is 17.1 Å². The van der Waals surface area contributed by atoms with Crippen molar-refractivity contribution in [2.75, 3.05) is 5.32 Å². The Morgan fingerprint density at radius 1 is 1.45 bits per heavy atom. The molecular weight excluding hydrogens is 287 g/mol. The SMILES string of the molecule is C=Cc1nn(-c2cncc(F)c2)cc1NC(O)OC(C)(C)C. The molecule has 2 rings (SSSR count). The highest BCUT2D eigenvalue weighted by Gasteiger charge is 2.18. The second-order valence-electron chi connectivity index (χ2n) is 5.66. The number of hydrogen-bond acceptors (Lipinski definition) is 5. The van der Waals surface area contributed by atoms with E-state index >= 15 is 0 Å². The molecular formula is C15H19FN4O2. The van der Waals surface area contributed by atoms with Crippen LogP contribution in [-0.4, -0.2) is 31.9 Å². The highest BCUT2D eigenvalue weighted by molar-refractivity contribution is 5.62. The van der Waals surface area contributed by atoms with Gasteiger partial charge < -0.3 is 15.2 Å². The van der Waals surface area contributed by atoms with Gasteiger partial charge >= 0.3 is 0 Å². The van der Waals surface area contributed by atoms with Gasteiger partial charge in [-0.05, 0) is 26.8 Å². The van der Waals surface area contributed by atoms with E-state index in [1.54, 1.807) is 6.20 Å². The lowest BCUT2D eigenvalue weighted by molar-refractivity contribution is -0.148. The molecule has 1 unspecified atom stereocenters. The molecule has 2 N–H and O–H groups in total. The summed E-state index contributed by atoms with van der Waals surface area (Å²) in [5.74, 6) is -0.459. The van der Waals surface area contributed by atoms with Crippen molar-refractivity contribution in [2.24, 2.45) is 0 Å². The van der Waals surface area contributed by atoms with Crippen molar-refractivity contribution >= 4 is 11.8 Å². The number of nitrogens with one attached hydrogen (secondary N) is 1. The Bertz CT molecular complexity index is 664. The van der Waals surface area contributed by atoms with E-state index in [1.807, 2.05) is 20.8 Å². The number of nitrogens with zero attached hydrogens (tertiary/aromatic N) is 3. The van der Waals surface area contributed by atoms with E-state index in [4.69, 9.17) is 4.74 Å². The second kappa shape index (κ2) is 6.25. The molecule has 0 bridgehead atoms. The lowest BCUT2D eigenvalue weighted by Crippen LogP contribution is -2.32. The summed E-state index contributed by atoms with van der Waals surface area (Å²) in [7, 11) is 0. The van der Waals surface area contributed by atoms with Gasteiger partial charge in [-0.1, -0.05) is 6.58 Å². The summed E-state index contributed by atoms with van der Waals surface area (Å²) in [6, 6.07) is 1.30. The number of halogens is 1. The summed E-state index contributed by atoms with van der Waals surface area (Å²) >= 11 is 0. The van der Waals surface area contributed by atoms with E-state index in [9.17, 15) is 9.50 Å². The van der Waals surface area contributed by atoms with Crippen LogP contribution < -0.4 is 5.32 Å². The third kappa shape index (κ3) is 4.12. The first kappa shape index (κ1) is 16.1. The molecule has 0 amide bonds. The van der Waals surface area contributed by atoms with E-state index in [1.165, 1.54) is 23.0 Å². The predicted molar refractivity (Wildman–Crippen MR) is 81.9 cm³/mol. The Balaban J connectivity index is 2.24. The van der Waals surface area contributed by atoms with E-state index < -0.39 is 17.8 Å². The van der Waals surface area contributed by atoms with Gasteiger partial charge in [0.15, 0.2) is 0 Å². The zero-order valence-corrected chi connectivity index (χ0v) is 12.7. The predicted octanol–water partition coefficient (Wildman–Crippen LogP) is 2.55. The third-order valence-electron chi connectivity index (χ3n) is 2.64. The van der Waals surface area contributed by atoms with Crippen molar-refractivity contribution in [1.82, 2.24) is 14.8 Å². The van der Waals surface area contributed by atoms with Gasteiger partial charge in [-0.2, -0.15) is 5.10 Å². The number of hydrogen-bond donors (Lipinski definition) is 2. The molecule has 0 aliphatic rings. The summed E-state index contributed by atoms with van der Waals surface area (Å²) < 4.78 is 20.1. The summed E-state index contributed by atoms with van der Waals surface area (Å²) in [5.41, 5.74) is 0.961. The van der Waals surface area contributed by atoms with Crippen LogP contribution in [0.5, 0.6) is 0 Å². The average Bonchev–Trinajstić information content (AvgIpc) is 2.79. The molecule has 0 aliphatic heterocycles. The molecule has 0 spiro atoms. The average molecular weight is 306 g/mol. The summed E-state index contributed by atoms with van der Waals surface area (Å²) in [4.78, 5) is 3.78. The third-order valence-corrected chi connectivity index (χ3v) is 2.64. The van der Waals surface area contributed by atoms with Gasteiger partial charge in [0.1, 0.15) is 11.5 Å². The van der Waals surface area contributed by atoms with Gasteiger partial charge in [0.2, 0.25) is 6.41 Å². The van der Waals surface area contributed by atoms with E-state index in [2.05, 4.69) is 22.0 Å².